The molecule has 2 N–H and O–H groups in total. The number of hydrogen-bond acceptors (Lipinski definition) is 4. The van der Waals surface area contributed by atoms with Gasteiger partial charge in [0.2, 0.25) is 10.0 Å². The van der Waals surface area contributed by atoms with Crippen LogP contribution in [-0.2, 0) is 10.0 Å². The Bertz CT molecular complexity index is 620. The van der Waals surface area contributed by atoms with E-state index in [1.54, 1.807) is 13.1 Å². The largest absolute Gasteiger partial charge is 0.398 e. The van der Waals surface area contributed by atoms with Gasteiger partial charge in [0.1, 0.15) is 4.90 Å². The second kappa shape index (κ2) is 5.94. The molecule has 0 saturated carbocycles. The van der Waals surface area contributed by atoms with Crippen LogP contribution < -0.4 is 5.73 Å². The molecule has 1 heterocycles. The quantitative estimate of drug-likeness (QED) is 0.861. The summed E-state index contributed by atoms with van der Waals surface area (Å²) >= 11 is 0. The van der Waals surface area contributed by atoms with Crippen LogP contribution in [0, 0.1) is 13.8 Å². The predicted octanol–water partition coefficient (Wildman–Crippen LogP) is 1.60. The molecule has 0 spiro atoms. The summed E-state index contributed by atoms with van der Waals surface area (Å²) in [5, 5.41) is 0. The highest BCUT2D eigenvalue weighted by atomic mass is 32.2. The summed E-state index contributed by atoms with van der Waals surface area (Å²) in [4.78, 5) is 2.49. The third-order valence-electron chi connectivity index (χ3n) is 4.55. The van der Waals surface area contributed by atoms with Crippen molar-refractivity contribution in [1.29, 1.82) is 0 Å². The molecule has 1 aliphatic rings. The number of nitrogen functional groups attached to an aromatic ring is 1. The molecule has 0 amide bonds. The minimum absolute atomic E-state index is 0.0468. The van der Waals surface area contributed by atoms with Gasteiger partial charge in [-0.05, 0) is 64.0 Å². The third kappa shape index (κ3) is 3.07. The first-order valence-electron chi connectivity index (χ1n) is 7.27. The zero-order chi connectivity index (χ0) is 15.8. The maximum Gasteiger partial charge on any atom is 0.245 e. The summed E-state index contributed by atoms with van der Waals surface area (Å²) in [6.07, 6.45) is 1.72. The number of benzene rings is 1. The fourth-order valence-corrected chi connectivity index (χ4v) is 4.66. The molecule has 1 aromatic carbocycles. The molecule has 6 heteroatoms. The Morgan fingerprint density at radius 1 is 1.24 bits per heavy atom. The molecule has 5 nitrogen and oxygen atoms in total. The third-order valence-corrected chi connectivity index (χ3v) is 6.66. The molecule has 0 bridgehead atoms. The van der Waals surface area contributed by atoms with Crippen molar-refractivity contribution in [2.24, 2.45) is 0 Å². The Labute approximate surface area is 127 Å². The van der Waals surface area contributed by atoms with Crippen LogP contribution in [0.1, 0.15) is 24.0 Å². The van der Waals surface area contributed by atoms with Crippen molar-refractivity contribution in [2.75, 3.05) is 32.9 Å². The van der Waals surface area contributed by atoms with Crippen LogP contribution in [0.25, 0.3) is 0 Å². The van der Waals surface area contributed by atoms with Crippen LogP contribution in [0.5, 0.6) is 0 Å². The van der Waals surface area contributed by atoms with Crippen LogP contribution >= 0.6 is 0 Å². The fraction of sp³-hybridized carbons (Fsp3) is 0.600. The minimum atomic E-state index is -3.55. The van der Waals surface area contributed by atoms with E-state index in [1.165, 1.54) is 4.31 Å². The standard InChI is InChI=1S/C15H25N3O2S/c1-11-5-6-14(16)15(12(11)2)21(19,20)18(4)13-7-9-17(3)10-8-13/h5-6,13H,7-10,16H2,1-4H3. The van der Waals surface area contributed by atoms with Gasteiger partial charge in [0.15, 0.2) is 0 Å². The lowest BCUT2D eigenvalue weighted by molar-refractivity contribution is 0.197. The Morgan fingerprint density at radius 2 is 1.81 bits per heavy atom. The highest BCUT2D eigenvalue weighted by molar-refractivity contribution is 7.89. The van der Waals surface area contributed by atoms with E-state index in [0.717, 1.165) is 37.1 Å². The van der Waals surface area contributed by atoms with Crippen LogP contribution in [0.4, 0.5) is 5.69 Å². The van der Waals surface area contributed by atoms with Gasteiger partial charge in [-0.15, -0.1) is 0 Å². The van der Waals surface area contributed by atoms with Gasteiger partial charge < -0.3 is 10.6 Å². The van der Waals surface area contributed by atoms with Crippen molar-refractivity contribution < 1.29 is 8.42 Å². The fourth-order valence-electron chi connectivity index (χ4n) is 2.85. The Kier molecular flexibility index (Phi) is 4.60. The number of likely N-dealkylation sites (tertiary alicyclic amines) is 1. The van der Waals surface area contributed by atoms with Gasteiger partial charge in [0.05, 0.1) is 5.69 Å². The topological polar surface area (TPSA) is 66.6 Å². The number of anilines is 1. The molecule has 2 rings (SSSR count). The van der Waals surface area contributed by atoms with Gasteiger partial charge in [-0.2, -0.15) is 4.31 Å². The summed E-state index contributed by atoms with van der Waals surface area (Å²) in [6, 6.07) is 3.59. The normalized spacial score (nSPS) is 18.3. The van der Waals surface area contributed by atoms with Crippen LogP contribution in [0.2, 0.25) is 0 Å². The Morgan fingerprint density at radius 3 is 2.38 bits per heavy atom. The summed E-state index contributed by atoms with van der Waals surface area (Å²) < 4.78 is 27.4. The van der Waals surface area contributed by atoms with E-state index >= 15 is 0 Å². The number of hydrogen-bond donors (Lipinski definition) is 1. The van der Waals surface area contributed by atoms with Crippen molar-refractivity contribution in [3.63, 3.8) is 0 Å². The van der Waals surface area contributed by atoms with Crippen molar-refractivity contribution in [3.8, 4) is 0 Å². The predicted molar refractivity (Wildman–Crippen MR) is 85.8 cm³/mol. The highest BCUT2D eigenvalue weighted by Gasteiger charge is 2.32. The monoisotopic (exact) mass is 311 g/mol. The lowest BCUT2D eigenvalue weighted by atomic mass is 10.1. The van der Waals surface area contributed by atoms with E-state index in [2.05, 4.69) is 11.9 Å². The smallest absolute Gasteiger partial charge is 0.245 e. The molecule has 21 heavy (non-hydrogen) atoms. The molecular weight excluding hydrogens is 286 g/mol. The average molecular weight is 311 g/mol. The number of rotatable bonds is 3. The first kappa shape index (κ1) is 16.3. The van der Waals surface area contributed by atoms with Crippen molar-refractivity contribution in [3.05, 3.63) is 23.3 Å². The van der Waals surface area contributed by atoms with Crippen LogP contribution in [0.15, 0.2) is 17.0 Å². The lowest BCUT2D eigenvalue weighted by Crippen LogP contribution is -2.44. The molecule has 1 aromatic rings. The maximum atomic E-state index is 12.9. The molecule has 118 valence electrons. The van der Waals surface area contributed by atoms with Gasteiger partial charge in [-0.3, -0.25) is 0 Å². The number of piperidine rings is 1. The van der Waals surface area contributed by atoms with Crippen molar-refractivity contribution in [2.45, 2.75) is 37.6 Å². The molecule has 0 aromatic heterocycles. The zero-order valence-corrected chi connectivity index (χ0v) is 14.1. The molecule has 0 unspecified atom stereocenters. The average Bonchev–Trinajstić information content (AvgIpc) is 2.43. The van der Waals surface area contributed by atoms with Gasteiger partial charge in [-0.1, -0.05) is 6.07 Å². The van der Waals surface area contributed by atoms with E-state index in [0.29, 0.717) is 5.69 Å². The zero-order valence-electron chi connectivity index (χ0n) is 13.3. The van der Waals surface area contributed by atoms with Crippen molar-refractivity contribution >= 4 is 15.7 Å². The highest BCUT2D eigenvalue weighted by Crippen LogP contribution is 2.30. The summed E-state index contributed by atoms with van der Waals surface area (Å²) in [5.41, 5.74) is 7.97. The first-order valence-corrected chi connectivity index (χ1v) is 8.71. The molecule has 0 atom stereocenters. The van der Waals surface area contributed by atoms with Crippen LogP contribution in [0.3, 0.4) is 0 Å². The number of nitrogens with two attached hydrogens (primary N) is 1. The van der Waals surface area contributed by atoms with E-state index in [-0.39, 0.29) is 10.9 Å². The van der Waals surface area contributed by atoms with Gasteiger partial charge in [0.25, 0.3) is 0 Å². The van der Waals surface area contributed by atoms with Gasteiger partial charge in [-0.25, -0.2) is 8.42 Å². The molecule has 1 aliphatic heterocycles. The first-order chi connectivity index (χ1) is 9.75. The van der Waals surface area contributed by atoms with E-state index in [4.69, 9.17) is 5.73 Å². The number of sulfonamides is 1. The number of aryl methyl sites for hydroxylation is 1. The molecule has 0 aliphatic carbocycles. The minimum Gasteiger partial charge on any atom is -0.398 e. The Balaban J connectivity index is 2.36. The molecular formula is C15H25N3O2S. The molecule has 0 radical (unpaired) electrons. The van der Waals surface area contributed by atoms with Gasteiger partial charge in [0, 0.05) is 13.1 Å². The Hall–Kier alpha value is -1.11. The SMILES string of the molecule is Cc1ccc(N)c(S(=O)(=O)N(C)C2CCN(C)CC2)c1C. The van der Waals surface area contributed by atoms with Crippen molar-refractivity contribution in [1.82, 2.24) is 9.21 Å². The molecule has 1 saturated heterocycles. The van der Waals surface area contributed by atoms with Gasteiger partial charge >= 0.3 is 0 Å². The summed E-state index contributed by atoms with van der Waals surface area (Å²) in [6.45, 7) is 5.57. The van der Waals surface area contributed by atoms with E-state index in [9.17, 15) is 8.42 Å². The molecule has 1 fully saturated rings. The second-order valence-corrected chi connectivity index (χ2v) is 7.92. The van der Waals surface area contributed by atoms with E-state index in [1.807, 2.05) is 19.9 Å². The summed E-state index contributed by atoms with van der Waals surface area (Å²) in [5.74, 6) is 0. The number of nitrogens with zero attached hydrogens (tertiary/aromatic N) is 2. The summed E-state index contributed by atoms with van der Waals surface area (Å²) in [7, 11) is 0.186. The lowest BCUT2D eigenvalue weighted by Gasteiger charge is -2.34. The van der Waals surface area contributed by atoms with Crippen LogP contribution in [-0.4, -0.2) is 50.8 Å². The maximum absolute atomic E-state index is 12.9. The second-order valence-electron chi connectivity index (χ2n) is 5.98. The van der Waals surface area contributed by atoms with E-state index < -0.39 is 10.0 Å².